The number of methoxy groups -OCH3 is 1. The fourth-order valence-electron chi connectivity index (χ4n) is 2.82. The molecule has 6 heteroatoms. The van der Waals surface area contributed by atoms with E-state index in [0.29, 0.717) is 16.3 Å². The Hall–Kier alpha value is -1.90. The molecule has 0 fully saturated rings. The molecular weight excluding hydrogens is 359 g/mol. The van der Waals surface area contributed by atoms with Gasteiger partial charge in [-0.2, -0.15) is 0 Å². The fraction of sp³-hybridized carbons (Fsp3) is 0.263. The summed E-state index contributed by atoms with van der Waals surface area (Å²) in [4.78, 5) is 25.1. The van der Waals surface area contributed by atoms with Crippen molar-refractivity contribution in [1.29, 1.82) is 0 Å². The molecule has 0 aliphatic rings. The van der Waals surface area contributed by atoms with Crippen LogP contribution in [0.3, 0.4) is 0 Å². The molecule has 3 unspecified atom stereocenters. The van der Waals surface area contributed by atoms with E-state index in [1.54, 1.807) is 18.2 Å². The highest BCUT2D eigenvalue weighted by atomic mass is 35.5. The van der Waals surface area contributed by atoms with Crippen LogP contribution in [0.5, 0.6) is 5.75 Å². The van der Waals surface area contributed by atoms with Crippen LogP contribution in [0.25, 0.3) is 0 Å². The fourth-order valence-corrected chi connectivity index (χ4v) is 3.17. The Bertz CT molecular complexity index is 748. The molecule has 4 nitrogen and oxygen atoms in total. The van der Waals surface area contributed by atoms with Crippen LogP contribution in [0.1, 0.15) is 35.2 Å². The third-order valence-corrected chi connectivity index (χ3v) is 4.78. The lowest BCUT2D eigenvalue weighted by Crippen LogP contribution is -2.24. The van der Waals surface area contributed by atoms with Gasteiger partial charge < -0.3 is 9.26 Å². The number of hydrogen-bond acceptors (Lipinski definition) is 4. The van der Waals surface area contributed by atoms with Gasteiger partial charge in [0.15, 0.2) is 5.78 Å². The second-order valence-electron chi connectivity index (χ2n) is 5.68. The molecule has 2 aromatic carbocycles. The molecule has 0 N–H and O–H groups in total. The molecule has 0 aliphatic heterocycles. The summed E-state index contributed by atoms with van der Waals surface area (Å²) >= 11 is 6.14. The summed E-state index contributed by atoms with van der Waals surface area (Å²) in [5, 5.41) is 0.355. The maximum absolute atomic E-state index is 13.2. The van der Waals surface area contributed by atoms with E-state index in [9.17, 15) is 9.59 Å². The van der Waals surface area contributed by atoms with Crippen molar-refractivity contribution in [3.63, 3.8) is 0 Å². The molecule has 3 atom stereocenters. The third-order valence-electron chi connectivity index (χ3n) is 4.22. The van der Waals surface area contributed by atoms with Crippen molar-refractivity contribution in [2.24, 2.45) is 5.92 Å². The van der Waals surface area contributed by atoms with Gasteiger partial charge in [0, 0.05) is 5.92 Å². The molecule has 2 aromatic rings. The predicted molar refractivity (Wildman–Crippen MR) is 101 cm³/mol. The lowest BCUT2D eigenvalue weighted by Gasteiger charge is -2.23. The molecule has 25 heavy (non-hydrogen) atoms. The van der Waals surface area contributed by atoms with E-state index in [1.807, 2.05) is 46.7 Å². The van der Waals surface area contributed by atoms with Crippen molar-refractivity contribution in [2.45, 2.75) is 19.3 Å². The number of para-hydroxylation sites is 1. The molecule has 2 rings (SSSR count). The zero-order valence-corrected chi connectivity index (χ0v) is 16.0. The Morgan fingerprint density at radius 2 is 1.80 bits per heavy atom. The Morgan fingerprint density at radius 1 is 1.12 bits per heavy atom. The first kappa shape index (κ1) is 19.4. The van der Waals surface area contributed by atoms with E-state index < -0.39 is 11.9 Å². The second-order valence-corrected chi connectivity index (χ2v) is 6.33. The number of halogens is 1. The van der Waals surface area contributed by atoms with Crippen LogP contribution >= 0.6 is 21.1 Å². The number of ketones is 1. The van der Waals surface area contributed by atoms with Crippen LogP contribution in [-0.4, -0.2) is 18.9 Å². The zero-order valence-electron chi connectivity index (χ0n) is 14.1. The first-order chi connectivity index (χ1) is 12.0. The number of hydrogen-bond donors (Lipinski definition) is 0. The minimum atomic E-state index is -0.595. The van der Waals surface area contributed by atoms with Gasteiger partial charge in [-0.05, 0) is 23.6 Å². The van der Waals surface area contributed by atoms with E-state index >= 15 is 0 Å². The van der Waals surface area contributed by atoms with Gasteiger partial charge in [0.05, 0.1) is 33.6 Å². The maximum atomic E-state index is 13.2. The van der Waals surface area contributed by atoms with Gasteiger partial charge in [0.25, 0.3) is 0 Å². The lowest BCUT2D eigenvalue weighted by molar-refractivity contribution is -0.134. The summed E-state index contributed by atoms with van der Waals surface area (Å²) in [6.07, 6.45) is -0.0337. The number of Topliss-reactive ketones (excluding diaryl/α,β-unsaturated/α-hetero) is 1. The van der Waals surface area contributed by atoms with Gasteiger partial charge in [-0.15, -0.1) is 0 Å². The number of carbonyl (C=O) groups is 2. The van der Waals surface area contributed by atoms with Gasteiger partial charge in [0.2, 0.25) is 0 Å². The van der Waals surface area contributed by atoms with Gasteiger partial charge in [-0.3, -0.25) is 9.59 Å². The van der Waals surface area contributed by atoms with Crippen molar-refractivity contribution < 1.29 is 18.8 Å². The smallest absolute Gasteiger partial charge is 0.308 e. The number of benzene rings is 2. The summed E-state index contributed by atoms with van der Waals surface area (Å²) in [6, 6.07) is 14.6. The molecule has 0 radical (unpaired) electrons. The summed E-state index contributed by atoms with van der Waals surface area (Å²) in [5.41, 5.74) is 1.33. The van der Waals surface area contributed by atoms with Crippen LogP contribution in [0.4, 0.5) is 0 Å². The van der Waals surface area contributed by atoms with Gasteiger partial charge in [-0.1, -0.05) is 54.9 Å². The van der Waals surface area contributed by atoms with Gasteiger partial charge in [-0.25, -0.2) is 0 Å². The number of carbonyl (C=O) groups excluding carboxylic acids is 2. The SMILES string of the molecule is COc1c(Cl)cccc1C(=O)C(CC(=O)OP)C(C)c1ccccc1. The highest BCUT2D eigenvalue weighted by Crippen LogP contribution is 2.35. The monoisotopic (exact) mass is 378 g/mol. The van der Waals surface area contributed by atoms with Crippen LogP contribution in [0, 0.1) is 5.92 Å². The average molecular weight is 379 g/mol. The lowest BCUT2D eigenvalue weighted by atomic mass is 9.80. The Balaban J connectivity index is 2.43. The average Bonchev–Trinajstić information content (AvgIpc) is 2.65. The Kier molecular flexibility index (Phi) is 6.98. The van der Waals surface area contributed by atoms with E-state index in [0.717, 1.165) is 5.56 Å². The standard InChI is InChI=1S/C19H20ClO4P/c1-12(13-7-4-3-5-8-13)15(11-17(21)24-25)18(22)14-9-6-10-16(20)19(14)23-2/h3-10,12,15H,11,25H2,1-2H3. The van der Waals surface area contributed by atoms with E-state index in [-0.39, 0.29) is 18.1 Å². The highest BCUT2D eigenvalue weighted by Gasteiger charge is 2.32. The van der Waals surface area contributed by atoms with E-state index in [4.69, 9.17) is 20.9 Å². The Labute approximate surface area is 154 Å². The molecule has 0 bridgehead atoms. The molecule has 0 amide bonds. The molecular formula is C19H20ClO4P. The van der Waals surface area contributed by atoms with Gasteiger partial charge in [0.1, 0.15) is 5.75 Å². The summed E-state index contributed by atoms with van der Waals surface area (Å²) < 4.78 is 9.99. The first-order valence-electron chi connectivity index (χ1n) is 7.80. The molecule has 0 aromatic heterocycles. The highest BCUT2D eigenvalue weighted by molar-refractivity contribution is 7.10. The van der Waals surface area contributed by atoms with Gasteiger partial charge >= 0.3 is 5.97 Å². The molecule has 0 saturated heterocycles. The topological polar surface area (TPSA) is 52.6 Å². The maximum Gasteiger partial charge on any atom is 0.308 e. The largest absolute Gasteiger partial charge is 0.494 e. The first-order valence-corrected chi connectivity index (χ1v) is 8.65. The minimum absolute atomic E-state index is 0.0337. The number of ether oxygens (including phenoxy) is 1. The zero-order chi connectivity index (χ0) is 18.4. The van der Waals surface area contributed by atoms with Crippen molar-refractivity contribution >= 4 is 32.8 Å². The summed E-state index contributed by atoms with van der Waals surface area (Å²) in [6.45, 7) is 1.92. The van der Waals surface area contributed by atoms with Crippen LogP contribution < -0.4 is 4.74 Å². The van der Waals surface area contributed by atoms with Crippen molar-refractivity contribution in [3.05, 3.63) is 64.7 Å². The van der Waals surface area contributed by atoms with E-state index in [2.05, 4.69) is 0 Å². The predicted octanol–water partition coefficient (Wildman–Crippen LogP) is 4.67. The van der Waals surface area contributed by atoms with Crippen LogP contribution in [-0.2, 0) is 9.32 Å². The van der Waals surface area contributed by atoms with Crippen molar-refractivity contribution in [2.75, 3.05) is 7.11 Å². The van der Waals surface area contributed by atoms with Crippen molar-refractivity contribution in [1.82, 2.24) is 0 Å². The second kappa shape index (κ2) is 8.98. The van der Waals surface area contributed by atoms with Crippen LogP contribution in [0.2, 0.25) is 5.02 Å². The van der Waals surface area contributed by atoms with Crippen LogP contribution in [0.15, 0.2) is 48.5 Å². The normalized spacial score (nSPS) is 13.0. The Morgan fingerprint density at radius 3 is 2.40 bits per heavy atom. The molecule has 0 heterocycles. The quantitative estimate of drug-likeness (QED) is 0.518. The van der Waals surface area contributed by atoms with Crippen molar-refractivity contribution in [3.8, 4) is 5.75 Å². The molecule has 0 aliphatic carbocycles. The summed E-state index contributed by atoms with van der Waals surface area (Å²) in [7, 11) is 3.39. The molecule has 0 saturated carbocycles. The summed E-state index contributed by atoms with van der Waals surface area (Å²) in [5.74, 6) is -1.12. The number of rotatable bonds is 7. The van der Waals surface area contributed by atoms with E-state index in [1.165, 1.54) is 7.11 Å². The molecule has 132 valence electrons. The minimum Gasteiger partial charge on any atom is -0.494 e. The molecule has 0 spiro atoms. The third kappa shape index (κ3) is 4.59.